The monoisotopic (exact) mass is 619 g/mol. The second kappa shape index (κ2) is 11.7. The molecular weight excluding hydrogens is 591 g/mol. The lowest BCUT2D eigenvalue weighted by atomic mass is 9.96. The average molecular weight is 620 g/mol. The summed E-state index contributed by atoms with van der Waals surface area (Å²) < 4.78 is 0. The van der Waals surface area contributed by atoms with E-state index in [1.54, 1.807) is 0 Å². The number of hydrogen-bond donors (Lipinski definition) is 2. The van der Waals surface area contributed by atoms with E-state index in [0.29, 0.717) is 0 Å². The zero-order chi connectivity index (χ0) is 31.9. The van der Waals surface area contributed by atoms with Gasteiger partial charge in [0.15, 0.2) is 0 Å². The van der Waals surface area contributed by atoms with Crippen LogP contribution in [0.15, 0.2) is 116 Å². The van der Waals surface area contributed by atoms with Gasteiger partial charge in [0.25, 0.3) is 0 Å². The summed E-state index contributed by atoms with van der Waals surface area (Å²) in [6.07, 6.45) is 27.9. The fourth-order valence-electron chi connectivity index (χ4n) is 6.82. The maximum Gasteiger partial charge on any atom is 0.0737 e. The van der Waals surface area contributed by atoms with E-state index in [1.165, 1.54) is 5.57 Å². The molecule has 2 aliphatic heterocycles. The molecule has 7 heteroatoms. The highest BCUT2D eigenvalue weighted by molar-refractivity contribution is 5.99. The summed E-state index contributed by atoms with van der Waals surface area (Å²) in [5, 5.41) is 0. The molecule has 0 unspecified atom stereocenters. The Morgan fingerprint density at radius 3 is 1.19 bits per heavy atom. The molecule has 8 heterocycles. The molecule has 6 aromatic heterocycles. The number of nitrogens with zero attached hydrogens (tertiary/aromatic N) is 5. The summed E-state index contributed by atoms with van der Waals surface area (Å²) in [5.74, 6) is 0. The third-order valence-electron chi connectivity index (χ3n) is 9.00. The van der Waals surface area contributed by atoms with Gasteiger partial charge in [-0.05, 0) is 120 Å². The third-order valence-corrected chi connectivity index (χ3v) is 9.00. The summed E-state index contributed by atoms with van der Waals surface area (Å²) in [7, 11) is 0. The van der Waals surface area contributed by atoms with Crippen LogP contribution in [0.5, 0.6) is 0 Å². The van der Waals surface area contributed by atoms with Gasteiger partial charge >= 0.3 is 0 Å². The third kappa shape index (κ3) is 4.89. The first-order valence-corrected chi connectivity index (χ1v) is 16.0. The van der Waals surface area contributed by atoms with Gasteiger partial charge in [-0.3, -0.25) is 15.0 Å². The fourth-order valence-corrected chi connectivity index (χ4v) is 6.82. The van der Waals surface area contributed by atoms with Crippen LogP contribution >= 0.6 is 0 Å². The average Bonchev–Trinajstić information content (AvgIpc) is 3.98. The van der Waals surface area contributed by atoms with Crippen LogP contribution in [0.25, 0.3) is 85.3 Å². The Balaban J connectivity index is 1.48. The van der Waals surface area contributed by atoms with E-state index in [0.717, 1.165) is 96.6 Å². The number of pyridine rings is 3. The molecule has 0 saturated heterocycles. The van der Waals surface area contributed by atoms with Crippen molar-refractivity contribution in [3.05, 3.63) is 144 Å². The molecule has 0 fully saturated rings. The molecule has 0 amide bonds. The first-order valence-electron chi connectivity index (χ1n) is 16.0. The fraction of sp³-hybridized carbons (Fsp3) is 0.0488. The Bertz CT molecular complexity index is 2450. The van der Waals surface area contributed by atoms with E-state index in [-0.39, 0.29) is 0 Å². The number of fused-ring (bicyclic) bond motifs is 8. The van der Waals surface area contributed by atoms with Gasteiger partial charge in [-0.15, -0.1) is 0 Å². The first-order chi connectivity index (χ1) is 23.8. The van der Waals surface area contributed by atoms with Crippen molar-refractivity contribution in [2.45, 2.75) is 12.8 Å². The summed E-state index contributed by atoms with van der Waals surface area (Å²) in [4.78, 5) is 31.1. The molecule has 228 valence electrons. The highest BCUT2D eigenvalue weighted by Gasteiger charge is 2.19. The van der Waals surface area contributed by atoms with Gasteiger partial charge in [-0.2, -0.15) is 0 Å². The highest BCUT2D eigenvalue weighted by Crippen LogP contribution is 2.38. The largest absolute Gasteiger partial charge is 0.354 e. The number of allylic oxidation sites excluding steroid dienone is 4. The van der Waals surface area contributed by atoms with E-state index in [2.05, 4.69) is 91.7 Å². The molecule has 9 rings (SSSR count). The first kappa shape index (κ1) is 27.8. The van der Waals surface area contributed by atoms with Crippen molar-refractivity contribution in [2.75, 3.05) is 0 Å². The second-order valence-electron chi connectivity index (χ2n) is 11.9. The Kier molecular flexibility index (Phi) is 6.79. The molecule has 8 bridgehead atoms. The molecule has 48 heavy (non-hydrogen) atoms. The number of nitrogens with one attached hydrogen (secondary N) is 2. The van der Waals surface area contributed by atoms with Gasteiger partial charge in [-0.25, -0.2) is 9.97 Å². The molecule has 3 aliphatic rings. The van der Waals surface area contributed by atoms with Crippen molar-refractivity contribution in [3.8, 4) is 33.4 Å². The SMILES string of the molecule is C1=CCCC(c2c3nc(c(-c4ccncc4)c4ccc([nH]4)c(-c4ccncc4)c4nc(c(-c5ccncc5)c5ccc2[nH]5)C=C4)C=C3)=C1. The number of hydrogen-bond acceptors (Lipinski definition) is 5. The standard InChI is InChI=1S/C41H29N7/c1-2-4-26(5-3-1)38-30-6-8-32(45-30)39(27-14-20-42-21-15-27)34-10-12-36(47-34)41(29-18-24-44-25-19-29)37-13-11-35(48-37)40(28-16-22-43-23-17-28)33-9-7-31(38)46-33/h1-2,4,6-25,45,48H,3,5H2. The number of aromatic amines is 2. The molecule has 0 atom stereocenters. The molecule has 0 radical (unpaired) electrons. The van der Waals surface area contributed by atoms with Crippen LogP contribution in [0.4, 0.5) is 0 Å². The van der Waals surface area contributed by atoms with E-state index < -0.39 is 0 Å². The van der Waals surface area contributed by atoms with Crippen LogP contribution in [0, 0.1) is 0 Å². The lowest BCUT2D eigenvalue weighted by Crippen LogP contribution is -1.94. The molecule has 0 saturated carbocycles. The van der Waals surface area contributed by atoms with Gasteiger partial charge < -0.3 is 9.97 Å². The molecule has 6 aromatic rings. The smallest absolute Gasteiger partial charge is 0.0737 e. The van der Waals surface area contributed by atoms with Crippen molar-refractivity contribution in [1.29, 1.82) is 0 Å². The normalized spacial score (nSPS) is 13.5. The minimum atomic E-state index is 0.862. The van der Waals surface area contributed by atoms with E-state index in [1.807, 2.05) is 73.6 Å². The van der Waals surface area contributed by atoms with Gasteiger partial charge in [0.1, 0.15) is 0 Å². The van der Waals surface area contributed by atoms with E-state index >= 15 is 0 Å². The van der Waals surface area contributed by atoms with Crippen molar-refractivity contribution >= 4 is 51.9 Å². The molecule has 0 spiro atoms. The zero-order valence-electron chi connectivity index (χ0n) is 25.9. The van der Waals surface area contributed by atoms with Crippen LogP contribution in [0.3, 0.4) is 0 Å². The molecule has 0 aromatic carbocycles. The van der Waals surface area contributed by atoms with Crippen molar-refractivity contribution in [1.82, 2.24) is 34.9 Å². The topological polar surface area (TPSA) is 96.0 Å². The van der Waals surface area contributed by atoms with Crippen molar-refractivity contribution in [2.24, 2.45) is 0 Å². The van der Waals surface area contributed by atoms with E-state index in [4.69, 9.17) is 9.97 Å². The second-order valence-corrected chi connectivity index (χ2v) is 11.9. The quantitative estimate of drug-likeness (QED) is 0.205. The van der Waals surface area contributed by atoms with Gasteiger partial charge in [0, 0.05) is 81.5 Å². The molecule has 7 nitrogen and oxygen atoms in total. The van der Waals surface area contributed by atoms with E-state index in [9.17, 15) is 0 Å². The van der Waals surface area contributed by atoms with Crippen LogP contribution in [-0.4, -0.2) is 34.9 Å². The Labute approximate surface area is 276 Å². The molecule has 1 aliphatic carbocycles. The summed E-state index contributed by atoms with van der Waals surface area (Å²) in [5.41, 5.74) is 15.9. The van der Waals surface area contributed by atoms with Crippen LogP contribution in [-0.2, 0) is 0 Å². The lowest BCUT2D eigenvalue weighted by Gasteiger charge is -2.11. The zero-order valence-corrected chi connectivity index (χ0v) is 25.9. The number of rotatable bonds is 4. The maximum atomic E-state index is 5.35. The Morgan fingerprint density at radius 2 is 0.812 bits per heavy atom. The highest BCUT2D eigenvalue weighted by atomic mass is 14.8. The maximum absolute atomic E-state index is 5.35. The lowest BCUT2D eigenvalue weighted by molar-refractivity contribution is 1.05. The van der Waals surface area contributed by atoms with Crippen LogP contribution in [0.2, 0.25) is 0 Å². The predicted octanol–water partition coefficient (Wildman–Crippen LogP) is 9.57. The van der Waals surface area contributed by atoms with Gasteiger partial charge in [0.05, 0.1) is 22.8 Å². The summed E-state index contributed by atoms with van der Waals surface area (Å²) in [6.45, 7) is 0. The van der Waals surface area contributed by atoms with Crippen LogP contribution in [0.1, 0.15) is 41.2 Å². The van der Waals surface area contributed by atoms with Crippen molar-refractivity contribution < 1.29 is 0 Å². The molecule has 2 N–H and O–H groups in total. The predicted molar refractivity (Wildman–Crippen MR) is 195 cm³/mol. The van der Waals surface area contributed by atoms with Crippen molar-refractivity contribution in [3.63, 3.8) is 0 Å². The number of H-pyrrole nitrogens is 2. The Hall–Kier alpha value is -6.47. The van der Waals surface area contributed by atoms with Gasteiger partial charge in [-0.1, -0.05) is 18.2 Å². The molecular formula is C41H29N7. The summed E-state index contributed by atoms with van der Waals surface area (Å²) >= 11 is 0. The Morgan fingerprint density at radius 1 is 0.438 bits per heavy atom. The van der Waals surface area contributed by atoms with Gasteiger partial charge in [0.2, 0.25) is 0 Å². The van der Waals surface area contributed by atoms with Crippen LogP contribution < -0.4 is 0 Å². The summed E-state index contributed by atoms with van der Waals surface area (Å²) in [6, 6.07) is 20.8. The minimum absolute atomic E-state index is 0.862. The minimum Gasteiger partial charge on any atom is -0.354 e. The number of aromatic nitrogens is 7.